The summed E-state index contributed by atoms with van der Waals surface area (Å²) in [5, 5.41) is 53.4. The van der Waals surface area contributed by atoms with Crippen molar-refractivity contribution < 1.29 is 0 Å². The highest BCUT2D eigenvalue weighted by Gasteiger charge is 2.47. The maximum absolute atomic E-state index is 9.60. The van der Waals surface area contributed by atoms with Gasteiger partial charge >= 0.3 is 0 Å². The summed E-state index contributed by atoms with van der Waals surface area (Å²) in [7, 11) is 0. The van der Waals surface area contributed by atoms with E-state index in [1.54, 1.807) is 19.9 Å². The Hall–Kier alpha value is -4.67. The summed E-state index contributed by atoms with van der Waals surface area (Å²) in [6.45, 7) is 6.91. The van der Waals surface area contributed by atoms with E-state index in [-0.39, 0.29) is 34.8 Å². The molecule has 162 valence electrons. The van der Waals surface area contributed by atoms with Gasteiger partial charge in [0, 0.05) is 6.04 Å². The second kappa shape index (κ2) is 8.83. The molecule has 0 aromatic heterocycles. The smallest absolute Gasteiger partial charge is 0.174 e. The number of nitrogens with one attached hydrogen (secondary N) is 2. The first kappa shape index (κ1) is 23.0. The van der Waals surface area contributed by atoms with Crippen molar-refractivity contribution in [2.24, 2.45) is 25.7 Å². The zero-order chi connectivity index (χ0) is 24.3. The zero-order valence-corrected chi connectivity index (χ0v) is 17.8. The number of allylic oxidation sites excluding steroid dienone is 3. The number of nitriles is 5. The molecule has 0 spiro atoms. The van der Waals surface area contributed by atoms with Crippen LogP contribution in [0.25, 0.3) is 0 Å². The SMILES string of the molecule is C=C(C#N)C(C#N)=NC1C(N)CC2(C)NC(C#N)=C(C#N)N=C2C2N=C(C#N)C(C)=NC1N2. The van der Waals surface area contributed by atoms with E-state index in [0.717, 1.165) is 0 Å². The van der Waals surface area contributed by atoms with Gasteiger partial charge in [0.15, 0.2) is 22.8 Å². The van der Waals surface area contributed by atoms with E-state index >= 15 is 0 Å². The van der Waals surface area contributed by atoms with Crippen molar-refractivity contribution in [3.63, 3.8) is 0 Å². The molecular formula is C21H18N12. The molecule has 3 rings (SSSR count). The van der Waals surface area contributed by atoms with Crippen LogP contribution in [0.3, 0.4) is 0 Å². The molecule has 3 aliphatic heterocycles. The molecule has 4 N–H and O–H groups in total. The molecule has 1 fully saturated rings. The van der Waals surface area contributed by atoms with Crippen LogP contribution in [0, 0.1) is 56.7 Å². The number of nitrogens with two attached hydrogens (primary N) is 1. The molecule has 0 aromatic rings. The lowest BCUT2D eigenvalue weighted by Gasteiger charge is -2.43. The highest BCUT2D eigenvalue weighted by molar-refractivity contribution is 6.47. The van der Waals surface area contributed by atoms with Gasteiger partial charge in [-0.25, -0.2) is 9.98 Å². The molecule has 5 unspecified atom stereocenters. The van der Waals surface area contributed by atoms with Crippen molar-refractivity contribution in [1.82, 2.24) is 10.6 Å². The Balaban J connectivity index is 2.26. The Kier molecular flexibility index (Phi) is 6.15. The van der Waals surface area contributed by atoms with Crippen LogP contribution in [0.5, 0.6) is 0 Å². The van der Waals surface area contributed by atoms with E-state index in [1.165, 1.54) is 0 Å². The topological polar surface area (TPSA) is 218 Å². The van der Waals surface area contributed by atoms with E-state index in [4.69, 9.17) is 11.0 Å². The van der Waals surface area contributed by atoms with Crippen molar-refractivity contribution in [2.75, 3.05) is 0 Å². The molecule has 5 atom stereocenters. The van der Waals surface area contributed by atoms with E-state index in [2.05, 4.69) is 37.2 Å². The first-order valence-electron chi connectivity index (χ1n) is 9.74. The van der Waals surface area contributed by atoms with Crippen molar-refractivity contribution in [3.05, 3.63) is 23.5 Å². The van der Waals surface area contributed by atoms with Gasteiger partial charge in [-0.05, 0) is 20.3 Å². The van der Waals surface area contributed by atoms with Gasteiger partial charge in [0.25, 0.3) is 0 Å². The first-order chi connectivity index (χ1) is 15.7. The fourth-order valence-corrected chi connectivity index (χ4v) is 3.90. The minimum Gasteiger partial charge on any atom is -0.363 e. The largest absolute Gasteiger partial charge is 0.363 e. The van der Waals surface area contributed by atoms with Gasteiger partial charge in [-0.2, -0.15) is 26.3 Å². The summed E-state index contributed by atoms with van der Waals surface area (Å²) in [6.07, 6.45) is -1.56. The number of hydrogen-bond acceptors (Lipinski definition) is 12. The third kappa shape index (κ3) is 4.11. The van der Waals surface area contributed by atoms with Crippen LogP contribution >= 0.6 is 0 Å². The fourth-order valence-electron chi connectivity index (χ4n) is 3.90. The quantitative estimate of drug-likeness (QED) is 0.388. The Labute approximate surface area is 190 Å². The second-order valence-corrected chi connectivity index (χ2v) is 7.76. The molecule has 2 bridgehead atoms. The van der Waals surface area contributed by atoms with Gasteiger partial charge in [0.1, 0.15) is 48.7 Å². The van der Waals surface area contributed by atoms with Crippen LogP contribution in [-0.4, -0.2) is 52.8 Å². The monoisotopic (exact) mass is 438 g/mol. The molecule has 0 aromatic carbocycles. The average molecular weight is 438 g/mol. The van der Waals surface area contributed by atoms with Crippen molar-refractivity contribution in [1.29, 1.82) is 26.3 Å². The Morgan fingerprint density at radius 1 is 1.15 bits per heavy atom. The molecule has 0 saturated carbocycles. The predicted molar refractivity (Wildman–Crippen MR) is 118 cm³/mol. The Bertz CT molecular complexity index is 1280. The van der Waals surface area contributed by atoms with Gasteiger partial charge < -0.3 is 11.1 Å². The van der Waals surface area contributed by atoms with E-state index in [9.17, 15) is 21.0 Å². The maximum Gasteiger partial charge on any atom is 0.174 e. The van der Waals surface area contributed by atoms with Crippen molar-refractivity contribution in [3.8, 4) is 30.3 Å². The molecule has 3 aliphatic rings. The summed E-state index contributed by atoms with van der Waals surface area (Å²) >= 11 is 0. The number of aliphatic imine (C=N–C) groups is 4. The zero-order valence-electron chi connectivity index (χ0n) is 17.8. The summed E-state index contributed by atoms with van der Waals surface area (Å²) < 4.78 is 0. The van der Waals surface area contributed by atoms with E-state index in [0.29, 0.717) is 11.4 Å². The lowest BCUT2D eigenvalue weighted by molar-refractivity contribution is 0.304. The van der Waals surface area contributed by atoms with Crippen LogP contribution < -0.4 is 16.4 Å². The molecule has 0 amide bonds. The maximum atomic E-state index is 9.60. The van der Waals surface area contributed by atoms with Crippen LogP contribution in [-0.2, 0) is 0 Å². The summed E-state index contributed by atoms with van der Waals surface area (Å²) in [4.78, 5) is 17.8. The average Bonchev–Trinajstić information content (AvgIpc) is 2.96. The molecule has 0 aliphatic carbocycles. The van der Waals surface area contributed by atoms with Gasteiger partial charge in [-0.3, -0.25) is 15.3 Å². The summed E-state index contributed by atoms with van der Waals surface area (Å²) in [6, 6.07) is 7.91. The van der Waals surface area contributed by atoms with E-state index in [1.807, 2.05) is 24.3 Å². The van der Waals surface area contributed by atoms with Crippen LogP contribution in [0.4, 0.5) is 0 Å². The van der Waals surface area contributed by atoms with E-state index < -0.39 is 30.0 Å². The second-order valence-electron chi connectivity index (χ2n) is 7.76. The standard InChI is InChI=1S/C21H18N12/c1-10(5-22)13(6-23)29-17-12(27)4-21(3)18(30-15(8-25)16(9-26)33-21)20-31-14(7-24)11(2)28-19(17)32-20/h12,17,19-20,32-33H,1,4,27H2,2-3H3. The van der Waals surface area contributed by atoms with Gasteiger partial charge in [-0.1, -0.05) is 6.58 Å². The third-order valence-electron chi connectivity index (χ3n) is 5.49. The highest BCUT2D eigenvalue weighted by atomic mass is 15.3. The van der Waals surface area contributed by atoms with Crippen LogP contribution in [0.2, 0.25) is 0 Å². The van der Waals surface area contributed by atoms with Gasteiger partial charge in [0.05, 0.1) is 22.5 Å². The first-order valence-corrected chi connectivity index (χ1v) is 9.74. The molecule has 33 heavy (non-hydrogen) atoms. The van der Waals surface area contributed by atoms with Crippen molar-refractivity contribution >= 4 is 22.8 Å². The fraction of sp³-hybridized carbons (Fsp3) is 0.381. The third-order valence-corrected chi connectivity index (χ3v) is 5.49. The Morgan fingerprint density at radius 2 is 1.88 bits per heavy atom. The van der Waals surface area contributed by atoms with Gasteiger partial charge in [-0.15, -0.1) is 0 Å². The lowest BCUT2D eigenvalue weighted by atomic mass is 9.80. The lowest BCUT2D eigenvalue weighted by Crippen LogP contribution is -2.66. The van der Waals surface area contributed by atoms with Crippen LogP contribution in [0.15, 0.2) is 43.5 Å². The normalized spacial score (nSPS) is 31.0. The number of nitrogens with zero attached hydrogens (tertiary/aromatic N) is 9. The molecule has 12 nitrogen and oxygen atoms in total. The minimum absolute atomic E-state index is 0.0192. The molecule has 3 heterocycles. The van der Waals surface area contributed by atoms with Crippen molar-refractivity contribution in [2.45, 2.75) is 50.2 Å². The molecule has 1 saturated heterocycles. The Morgan fingerprint density at radius 3 is 2.45 bits per heavy atom. The number of rotatable bonds is 2. The van der Waals surface area contributed by atoms with Crippen LogP contribution in [0.1, 0.15) is 20.3 Å². The summed E-state index contributed by atoms with van der Waals surface area (Å²) in [5.41, 5.74) is 5.80. The molecule has 12 heteroatoms. The number of fused-ring (bicyclic) bond motifs is 4. The predicted octanol–water partition coefficient (Wildman–Crippen LogP) is -0.127. The molecule has 0 radical (unpaired) electrons. The summed E-state index contributed by atoms with van der Waals surface area (Å²) in [5.74, 6) is 0. The van der Waals surface area contributed by atoms with Gasteiger partial charge in [0.2, 0.25) is 0 Å². The highest BCUT2D eigenvalue weighted by Crippen LogP contribution is 2.30. The number of hydrogen-bond donors (Lipinski definition) is 3. The molecular weight excluding hydrogens is 420 g/mol. The minimum atomic E-state index is -1.04.